The lowest BCUT2D eigenvalue weighted by atomic mass is 10.1. The highest BCUT2D eigenvalue weighted by molar-refractivity contribution is 7.99. The zero-order chi connectivity index (χ0) is 11.5. The Bertz CT molecular complexity index is 510. The van der Waals surface area contributed by atoms with Crippen LogP contribution in [0.4, 0.5) is 0 Å². The van der Waals surface area contributed by atoms with Crippen LogP contribution in [0.1, 0.15) is 18.4 Å². The Morgan fingerprint density at radius 3 is 2.00 bits per heavy atom. The number of benzene rings is 2. The Morgan fingerprint density at radius 1 is 0.824 bits per heavy atom. The highest BCUT2D eigenvalue weighted by atomic mass is 32.1. The second kappa shape index (κ2) is 4.89. The van der Waals surface area contributed by atoms with Gasteiger partial charge in [0.2, 0.25) is 0 Å². The van der Waals surface area contributed by atoms with E-state index >= 15 is 0 Å². The lowest BCUT2D eigenvalue weighted by molar-refractivity contribution is 1.22. The minimum atomic E-state index is 0.819. The van der Waals surface area contributed by atoms with Gasteiger partial charge in [-0.05, 0) is 46.2 Å². The van der Waals surface area contributed by atoms with Gasteiger partial charge in [0.05, 0.1) is 0 Å². The predicted octanol–water partition coefficient (Wildman–Crippen LogP) is 4.14. The van der Waals surface area contributed by atoms with E-state index in [0.717, 1.165) is 5.92 Å². The monoisotopic (exact) mass is 240 g/mol. The Labute approximate surface area is 106 Å². The van der Waals surface area contributed by atoms with Crippen LogP contribution in [0.2, 0.25) is 0 Å². The van der Waals surface area contributed by atoms with Crippen LogP contribution >= 0.6 is 11.4 Å². The fourth-order valence-electron chi connectivity index (χ4n) is 2.00. The summed E-state index contributed by atoms with van der Waals surface area (Å²) in [7, 11) is 0. The van der Waals surface area contributed by atoms with E-state index in [1.165, 1.54) is 34.7 Å². The first-order valence-electron chi connectivity index (χ1n) is 6.12. The van der Waals surface area contributed by atoms with Crippen molar-refractivity contribution in [1.82, 2.24) is 0 Å². The number of hydrogen-bond donors (Lipinski definition) is 1. The van der Waals surface area contributed by atoms with E-state index < -0.39 is 0 Å². The first kappa shape index (κ1) is 10.8. The highest BCUT2D eigenvalue weighted by Gasteiger charge is 2.26. The summed E-state index contributed by atoms with van der Waals surface area (Å²) >= 11 is 1.38. The van der Waals surface area contributed by atoms with Gasteiger partial charge in [-0.25, -0.2) is 0 Å². The maximum atomic E-state index is 2.24. The van der Waals surface area contributed by atoms with E-state index in [0.29, 0.717) is 0 Å². The first-order valence-corrected chi connectivity index (χ1v) is 7.02. The van der Waals surface area contributed by atoms with E-state index in [9.17, 15) is 0 Å². The summed E-state index contributed by atoms with van der Waals surface area (Å²) in [5, 5.41) is 0. The molecule has 1 aliphatic carbocycles. The average molecular weight is 240 g/mol. The molecule has 17 heavy (non-hydrogen) atoms. The third-order valence-electron chi connectivity index (χ3n) is 3.04. The Kier molecular flexibility index (Phi) is 3.10. The predicted molar refractivity (Wildman–Crippen MR) is 77.0 cm³/mol. The molecule has 1 fully saturated rings. The van der Waals surface area contributed by atoms with Gasteiger partial charge < -0.3 is 0 Å². The third-order valence-corrected chi connectivity index (χ3v) is 4.46. The molecule has 1 saturated carbocycles. The van der Waals surface area contributed by atoms with Crippen molar-refractivity contribution >= 4 is 16.2 Å². The minimum Gasteiger partial charge on any atom is -0.165 e. The zero-order valence-electron chi connectivity index (χ0n) is 9.71. The fraction of sp³-hybridized carbons (Fsp3) is 0.188. The van der Waals surface area contributed by atoms with Gasteiger partial charge in [0.1, 0.15) is 0 Å². The van der Waals surface area contributed by atoms with Crippen molar-refractivity contribution in [2.24, 2.45) is 5.92 Å². The van der Waals surface area contributed by atoms with Crippen LogP contribution in [0.15, 0.2) is 65.6 Å². The SMILES string of the molecule is c1ccc([SH]=C(c2ccccc2)C2CC2)cc1. The minimum absolute atomic E-state index is 0.819. The van der Waals surface area contributed by atoms with E-state index in [2.05, 4.69) is 60.7 Å². The summed E-state index contributed by atoms with van der Waals surface area (Å²) in [4.78, 5) is 3.00. The first-order chi connectivity index (χ1) is 8.43. The summed E-state index contributed by atoms with van der Waals surface area (Å²) < 4.78 is 0. The van der Waals surface area contributed by atoms with Crippen molar-refractivity contribution in [2.75, 3.05) is 0 Å². The maximum absolute atomic E-state index is 2.24. The molecule has 0 saturated heterocycles. The number of hydrogen-bond acceptors (Lipinski definition) is 0. The molecule has 3 rings (SSSR count). The highest BCUT2D eigenvalue weighted by Crippen LogP contribution is 2.36. The van der Waals surface area contributed by atoms with Gasteiger partial charge in [0.15, 0.2) is 0 Å². The van der Waals surface area contributed by atoms with E-state index in [1.54, 1.807) is 4.86 Å². The summed E-state index contributed by atoms with van der Waals surface area (Å²) in [6, 6.07) is 21.6. The number of rotatable bonds is 3. The molecule has 0 heterocycles. The standard InChI is InChI=1S/C16H16S/c1-3-7-13(8-4-1)16(14-11-12-14)17-15-9-5-2-6-10-15/h1-10,14,17H,11-12H2. The van der Waals surface area contributed by atoms with Crippen LogP contribution in [0, 0.1) is 5.92 Å². The molecule has 0 nitrogen and oxygen atoms in total. The van der Waals surface area contributed by atoms with Crippen molar-refractivity contribution in [2.45, 2.75) is 17.7 Å². The fourth-order valence-corrected chi connectivity index (χ4v) is 3.32. The Morgan fingerprint density at radius 2 is 1.41 bits per heavy atom. The van der Waals surface area contributed by atoms with Gasteiger partial charge in [-0.2, -0.15) is 11.4 Å². The van der Waals surface area contributed by atoms with Crippen molar-refractivity contribution in [3.05, 3.63) is 66.2 Å². The molecule has 0 radical (unpaired) electrons. The largest absolute Gasteiger partial charge is 0.165 e. The van der Waals surface area contributed by atoms with Crippen molar-refractivity contribution in [1.29, 1.82) is 0 Å². The zero-order valence-corrected chi connectivity index (χ0v) is 10.6. The lowest BCUT2D eigenvalue weighted by Crippen LogP contribution is -2.00. The van der Waals surface area contributed by atoms with Gasteiger partial charge in [-0.1, -0.05) is 48.5 Å². The van der Waals surface area contributed by atoms with Crippen LogP contribution in [-0.4, -0.2) is 4.86 Å². The molecule has 86 valence electrons. The molecular formula is C16H16S. The average Bonchev–Trinajstić information content (AvgIpc) is 3.23. The molecule has 2 aromatic rings. The molecule has 1 heteroatoms. The van der Waals surface area contributed by atoms with Gasteiger partial charge in [-0.15, -0.1) is 0 Å². The van der Waals surface area contributed by atoms with Gasteiger partial charge >= 0.3 is 0 Å². The molecule has 0 amide bonds. The lowest BCUT2D eigenvalue weighted by Gasteiger charge is -2.06. The quantitative estimate of drug-likeness (QED) is 0.465. The van der Waals surface area contributed by atoms with Crippen molar-refractivity contribution in [3.63, 3.8) is 0 Å². The van der Waals surface area contributed by atoms with Crippen LogP contribution in [0.5, 0.6) is 0 Å². The Hall–Kier alpha value is -1.34. The van der Waals surface area contributed by atoms with Gasteiger partial charge in [0, 0.05) is 0 Å². The van der Waals surface area contributed by atoms with Gasteiger partial charge in [-0.3, -0.25) is 0 Å². The third kappa shape index (κ3) is 2.67. The molecule has 0 aromatic heterocycles. The second-order valence-electron chi connectivity index (χ2n) is 4.47. The molecule has 0 N–H and O–H groups in total. The Balaban J connectivity index is 1.99. The summed E-state index contributed by atoms with van der Waals surface area (Å²) in [5.74, 6) is 0.819. The summed E-state index contributed by atoms with van der Waals surface area (Å²) in [5.41, 5.74) is 1.42. The van der Waals surface area contributed by atoms with Crippen LogP contribution in [-0.2, 0) is 0 Å². The van der Waals surface area contributed by atoms with Crippen LogP contribution in [0.25, 0.3) is 0 Å². The maximum Gasteiger partial charge on any atom is -0.000905 e. The van der Waals surface area contributed by atoms with Crippen LogP contribution in [0.3, 0.4) is 0 Å². The summed E-state index contributed by atoms with van der Waals surface area (Å²) in [6.07, 6.45) is 2.73. The normalized spacial score (nSPS) is 16.4. The smallest absolute Gasteiger partial charge is 0.000905 e. The summed E-state index contributed by atoms with van der Waals surface area (Å²) in [6.45, 7) is 0. The molecule has 0 bridgehead atoms. The molecule has 0 aliphatic heterocycles. The van der Waals surface area contributed by atoms with Gasteiger partial charge in [0.25, 0.3) is 0 Å². The van der Waals surface area contributed by atoms with Crippen molar-refractivity contribution < 1.29 is 0 Å². The number of thiol groups is 1. The van der Waals surface area contributed by atoms with E-state index in [-0.39, 0.29) is 0 Å². The van der Waals surface area contributed by atoms with Crippen molar-refractivity contribution in [3.8, 4) is 0 Å². The molecule has 0 unspecified atom stereocenters. The molecule has 2 aromatic carbocycles. The van der Waals surface area contributed by atoms with Crippen LogP contribution < -0.4 is 0 Å². The van der Waals surface area contributed by atoms with E-state index in [1.807, 2.05) is 0 Å². The molecule has 1 aliphatic rings. The second-order valence-corrected chi connectivity index (χ2v) is 5.69. The molecule has 0 spiro atoms. The topological polar surface area (TPSA) is 0 Å². The molecule has 0 atom stereocenters. The van der Waals surface area contributed by atoms with E-state index in [4.69, 9.17) is 0 Å². The molecular weight excluding hydrogens is 224 g/mol.